The van der Waals surface area contributed by atoms with E-state index < -0.39 is 0 Å². The predicted molar refractivity (Wildman–Crippen MR) is 71.7 cm³/mol. The molecule has 0 saturated carbocycles. The number of aromatic amines is 1. The van der Waals surface area contributed by atoms with Gasteiger partial charge in [-0.1, -0.05) is 0 Å². The highest BCUT2D eigenvalue weighted by Gasteiger charge is 2.35. The molecule has 0 spiro atoms. The fourth-order valence-corrected chi connectivity index (χ4v) is 3.39. The molecule has 6 heteroatoms. The topological polar surface area (TPSA) is 87.7 Å². The zero-order valence-electron chi connectivity index (χ0n) is 10.5. The lowest BCUT2D eigenvalue weighted by atomic mass is 9.87. The summed E-state index contributed by atoms with van der Waals surface area (Å²) in [5.74, 6) is 0.415. The van der Waals surface area contributed by atoms with E-state index in [2.05, 4.69) is 16.3 Å². The van der Waals surface area contributed by atoms with E-state index in [1.807, 2.05) is 25.3 Å². The Morgan fingerprint density at radius 1 is 1.53 bits per heavy atom. The van der Waals surface area contributed by atoms with E-state index in [1.54, 1.807) is 11.3 Å². The molecule has 1 atom stereocenters. The molecule has 0 radical (unpaired) electrons. The summed E-state index contributed by atoms with van der Waals surface area (Å²) in [6.45, 7) is 3.95. The highest BCUT2D eigenvalue weighted by Crippen LogP contribution is 2.44. The maximum absolute atomic E-state index is 9.38. The lowest BCUT2D eigenvalue weighted by molar-refractivity contribution is 0.379. The molecule has 0 saturated heterocycles. The summed E-state index contributed by atoms with van der Waals surface area (Å²) < 4.78 is 5.42. The Hall–Kier alpha value is -2.26. The Morgan fingerprint density at radius 3 is 2.95 bits per heavy atom. The van der Waals surface area contributed by atoms with Gasteiger partial charge in [0.05, 0.1) is 11.5 Å². The van der Waals surface area contributed by atoms with Crippen LogP contribution in [0.2, 0.25) is 0 Å². The first-order valence-corrected chi connectivity index (χ1v) is 6.68. The first-order valence-electron chi connectivity index (χ1n) is 5.80. The third-order valence-corrected chi connectivity index (χ3v) is 4.38. The SMILES string of the molecule is Cc1ccsc1[C@@H]1C(C#N)=C(N)Oc2n[nH]c(C)c21. The molecule has 1 aliphatic heterocycles. The van der Waals surface area contributed by atoms with Gasteiger partial charge >= 0.3 is 0 Å². The number of allylic oxidation sites excluding steroid dienone is 1. The number of hydrogen-bond acceptors (Lipinski definition) is 5. The number of aryl methyl sites for hydroxylation is 2. The van der Waals surface area contributed by atoms with Gasteiger partial charge in [0.1, 0.15) is 11.6 Å². The minimum Gasteiger partial charge on any atom is -0.420 e. The van der Waals surface area contributed by atoms with Crippen molar-refractivity contribution < 1.29 is 4.74 Å². The van der Waals surface area contributed by atoms with E-state index in [4.69, 9.17) is 10.5 Å². The average molecular weight is 272 g/mol. The van der Waals surface area contributed by atoms with Crippen molar-refractivity contribution in [2.75, 3.05) is 0 Å². The molecular formula is C13H12N4OS. The summed E-state index contributed by atoms with van der Waals surface area (Å²) in [7, 11) is 0. The molecule has 2 aromatic heterocycles. The monoisotopic (exact) mass is 272 g/mol. The smallest absolute Gasteiger partial charge is 0.244 e. The van der Waals surface area contributed by atoms with Gasteiger partial charge in [0, 0.05) is 10.6 Å². The first-order chi connectivity index (χ1) is 9.13. The summed E-state index contributed by atoms with van der Waals surface area (Å²) in [6.07, 6.45) is 0. The highest BCUT2D eigenvalue weighted by atomic mass is 32.1. The Bertz CT molecular complexity index is 719. The van der Waals surface area contributed by atoms with Crippen molar-refractivity contribution in [3.05, 3.63) is 44.6 Å². The molecule has 0 aromatic carbocycles. The van der Waals surface area contributed by atoms with Crippen LogP contribution in [0.25, 0.3) is 0 Å². The van der Waals surface area contributed by atoms with Gasteiger partial charge in [-0.2, -0.15) is 5.26 Å². The fourth-order valence-electron chi connectivity index (χ4n) is 2.34. The molecule has 2 aromatic rings. The van der Waals surface area contributed by atoms with Crippen molar-refractivity contribution in [2.24, 2.45) is 5.73 Å². The van der Waals surface area contributed by atoms with E-state index in [0.717, 1.165) is 21.7 Å². The van der Waals surface area contributed by atoms with E-state index in [9.17, 15) is 5.26 Å². The van der Waals surface area contributed by atoms with Gasteiger partial charge in [0.15, 0.2) is 0 Å². The minimum absolute atomic E-state index is 0.138. The number of rotatable bonds is 1. The molecule has 3 N–H and O–H groups in total. The van der Waals surface area contributed by atoms with Crippen molar-refractivity contribution in [2.45, 2.75) is 19.8 Å². The largest absolute Gasteiger partial charge is 0.420 e. The van der Waals surface area contributed by atoms with Crippen LogP contribution in [0.1, 0.15) is 27.6 Å². The van der Waals surface area contributed by atoms with E-state index in [0.29, 0.717) is 11.5 Å². The van der Waals surface area contributed by atoms with Crippen molar-refractivity contribution in [1.82, 2.24) is 10.2 Å². The van der Waals surface area contributed by atoms with Crippen molar-refractivity contribution in [3.8, 4) is 11.9 Å². The highest BCUT2D eigenvalue weighted by molar-refractivity contribution is 7.10. The summed E-state index contributed by atoms with van der Waals surface area (Å²) in [4.78, 5) is 1.11. The number of thiophene rings is 1. The number of nitriles is 1. The summed E-state index contributed by atoms with van der Waals surface area (Å²) in [6, 6.07) is 4.21. The molecule has 96 valence electrons. The number of fused-ring (bicyclic) bond motifs is 1. The molecule has 0 unspecified atom stereocenters. The molecule has 0 aliphatic carbocycles. The summed E-state index contributed by atoms with van der Waals surface area (Å²) in [5.41, 5.74) is 9.23. The number of ether oxygens (including phenoxy) is 1. The van der Waals surface area contributed by atoms with Gasteiger partial charge in [-0.15, -0.1) is 16.4 Å². The Kier molecular flexibility index (Phi) is 2.57. The van der Waals surface area contributed by atoms with Gasteiger partial charge in [-0.05, 0) is 30.9 Å². The average Bonchev–Trinajstić information content (AvgIpc) is 2.95. The molecule has 0 fully saturated rings. The van der Waals surface area contributed by atoms with Gasteiger partial charge < -0.3 is 10.5 Å². The van der Waals surface area contributed by atoms with Crippen LogP contribution in [-0.2, 0) is 0 Å². The van der Waals surface area contributed by atoms with Crippen LogP contribution in [0.15, 0.2) is 22.9 Å². The summed E-state index contributed by atoms with van der Waals surface area (Å²) in [5, 5.41) is 18.4. The van der Waals surface area contributed by atoms with Crippen LogP contribution in [0, 0.1) is 25.2 Å². The van der Waals surface area contributed by atoms with Crippen LogP contribution < -0.4 is 10.5 Å². The number of nitrogens with zero attached hydrogens (tertiary/aromatic N) is 2. The van der Waals surface area contributed by atoms with Crippen LogP contribution >= 0.6 is 11.3 Å². The maximum atomic E-state index is 9.38. The Morgan fingerprint density at radius 2 is 2.32 bits per heavy atom. The Labute approximate surface area is 114 Å². The quantitative estimate of drug-likeness (QED) is 0.833. The van der Waals surface area contributed by atoms with E-state index >= 15 is 0 Å². The molecule has 3 heterocycles. The van der Waals surface area contributed by atoms with Crippen molar-refractivity contribution >= 4 is 11.3 Å². The van der Waals surface area contributed by atoms with Crippen molar-refractivity contribution in [1.29, 1.82) is 5.26 Å². The normalized spacial score (nSPS) is 17.8. The fraction of sp³-hybridized carbons (Fsp3) is 0.231. The molecular weight excluding hydrogens is 260 g/mol. The van der Waals surface area contributed by atoms with Crippen LogP contribution in [-0.4, -0.2) is 10.2 Å². The summed E-state index contributed by atoms with van der Waals surface area (Å²) >= 11 is 1.61. The van der Waals surface area contributed by atoms with Crippen LogP contribution in [0.4, 0.5) is 0 Å². The van der Waals surface area contributed by atoms with E-state index in [1.165, 1.54) is 0 Å². The second-order valence-corrected chi connectivity index (χ2v) is 5.41. The van der Waals surface area contributed by atoms with Gasteiger partial charge in [0.2, 0.25) is 11.8 Å². The van der Waals surface area contributed by atoms with Crippen LogP contribution in [0.3, 0.4) is 0 Å². The lowest BCUT2D eigenvalue weighted by Gasteiger charge is -2.23. The number of H-pyrrole nitrogens is 1. The second-order valence-electron chi connectivity index (χ2n) is 4.46. The first kappa shape index (κ1) is 11.8. The lowest BCUT2D eigenvalue weighted by Crippen LogP contribution is -2.20. The van der Waals surface area contributed by atoms with Gasteiger partial charge in [-0.25, -0.2) is 0 Å². The molecule has 19 heavy (non-hydrogen) atoms. The zero-order valence-corrected chi connectivity index (χ0v) is 11.3. The molecule has 0 bridgehead atoms. The second kappa shape index (κ2) is 4.14. The predicted octanol–water partition coefficient (Wildman–Crippen LogP) is 2.31. The van der Waals surface area contributed by atoms with Gasteiger partial charge in [0.25, 0.3) is 0 Å². The third kappa shape index (κ3) is 1.63. The van der Waals surface area contributed by atoms with Gasteiger partial charge in [-0.3, -0.25) is 5.10 Å². The standard InChI is InChI=1S/C13H12N4OS/c1-6-3-4-19-11(6)10-8(5-14)12(15)18-13-9(10)7(2)16-17-13/h3-4,10H,15H2,1-2H3,(H,16,17)/t10-/m1/s1. The van der Waals surface area contributed by atoms with Crippen LogP contribution in [0.5, 0.6) is 5.88 Å². The Balaban J connectivity index is 2.28. The molecule has 5 nitrogen and oxygen atoms in total. The minimum atomic E-state index is -0.188. The van der Waals surface area contributed by atoms with Crippen molar-refractivity contribution in [3.63, 3.8) is 0 Å². The number of nitrogens with one attached hydrogen (secondary N) is 1. The maximum Gasteiger partial charge on any atom is 0.244 e. The number of nitrogens with two attached hydrogens (primary N) is 1. The van der Waals surface area contributed by atoms with E-state index in [-0.39, 0.29) is 11.8 Å². The number of hydrogen-bond donors (Lipinski definition) is 2. The number of aromatic nitrogens is 2. The zero-order chi connectivity index (χ0) is 13.6. The molecule has 3 rings (SSSR count). The third-order valence-electron chi connectivity index (χ3n) is 3.29. The molecule has 0 amide bonds. The molecule has 1 aliphatic rings.